The molecule has 0 saturated heterocycles. The average Bonchev–Trinajstić information content (AvgIpc) is 3.16. The second-order valence-electron chi connectivity index (χ2n) is 7.35. The van der Waals surface area contributed by atoms with Crippen molar-refractivity contribution in [2.45, 2.75) is 23.7 Å². The second kappa shape index (κ2) is 8.54. The lowest BCUT2D eigenvalue weighted by molar-refractivity contribution is -0.137. The fourth-order valence-corrected chi connectivity index (χ4v) is 5.36. The molecule has 0 radical (unpaired) electrons. The third kappa shape index (κ3) is 4.13. The van der Waals surface area contributed by atoms with Gasteiger partial charge in [0.2, 0.25) is 0 Å². The van der Waals surface area contributed by atoms with Crippen molar-refractivity contribution in [1.29, 1.82) is 0 Å². The number of nitrogens with zero attached hydrogens (tertiary/aromatic N) is 3. The summed E-state index contributed by atoms with van der Waals surface area (Å²) in [6.07, 6.45) is 3.14. The fraction of sp³-hybridized carbons (Fsp3) is 0.227. The van der Waals surface area contributed by atoms with Crippen LogP contribution in [0.5, 0.6) is 6.01 Å². The van der Waals surface area contributed by atoms with Crippen LogP contribution < -0.4 is 9.04 Å². The number of ether oxygens (including phenoxy) is 1. The highest BCUT2D eigenvalue weighted by Crippen LogP contribution is 2.42. The molecule has 0 spiro atoms. The van der Waals surface area contributed by atoms with Gasteiger partial charge in [-0.15, -0.1) is 0 Å². The summed E-state index contributed by atoms with van der Waals surface area (Å²) in [7, 11) is -2.53. The molecule has 1 aliphatic rings. The minimum atomic E-state index is -3.98. The van der Waals surface area contributed by atoms with E-state index in [1.807, 2.05) is 0 Å². The van der Waals surface area contributed by atoms with E-state index in [4.69, 9.17) is 9.84 Å². The molecule has 3 aromatic rings. The summed E-state index contributed by atoms with van der Waals surface area (Å²) in [6.45, 7) is 0.0459. The molecule has 0 bridgehead atoms. The number of carboxylic acid groups (broad SMARTS) is 1. The molecule has 2 heterocycles. The van der Waals surface area contributed by atoms with E-state index in [1.165, 1.54) is 54.1 Å². The summed E-state index contributed by atoms with van der Waals surface area (Å²) in [6, 6.07) is 10.5. The molecule has 32 heavy (non-hydrogen) atoms. The van der Waals surface area contributed by atoms with Crippen LogP contribution in [0.15, 0.2) is 59.8 Å². The van der Waals surface area contributed by atoms with E-state index in [0.717, 1.165) is 0 Å². The summed E-state index contributed by atoms with van der Waals surface area (Å²) in [5.74, 6) is -1.90. The Morgan fingerprint density at radius 2 is 1.94 bits per heavy atom. The predicted molar refractivity (Wildman–Crippen MR) is 115 cm³/mol. The van der Waals surface area contributed by atoms with Crippen molar-refractivity contribution in [3.05, 3.63) is 66.2 Å². The Balaban J connectivity index is 1.70. The number of anilines is 1. The summed E-state index contributed by atoms with van der Waals surface area (Å²) in [5.41, 5.74) is 2.08. The average molecular weight is 457 g/mol. The highest BCUT2D eigenvalue weighted by molar-refractivity contribution is 7.92. The van der Waals surface area contributed by atoms with Crippen molar-refractivity contribution in [1.82, 2.24) is 9.97 Å². The van der Waals surface area contributed by atoms with Crippen LogP contribution in [0.1, 0.15) is 24.3 Å². The summed E-state index contributed by atoms with van der Waals surface area (Å²) < 4.78 is 47.1. The van der Waals surface area contributed by atoms with Crippen LogP contribution in [-0.4, -0.2) is 43.1 Å². The van der Waals surface area contributed by atoms with Crippen molar-refractivity contribution in [3.63, 3.8) is 0 Å². The van der Waals surface area contributed by atoms with Gasteiger partial charge in [0, 0.05) is 36.8 Å². The van der Waals surface area contributed by atoms with Crippen LogP contribution in [0.2, 0.25) is 0 Å². The Morgan fingerprint density at radius 1 is 1.19 bits per heavy atom. The van der Waals surface area contributed by atoms with Crippen LogP contribution in [0.4, 0.5) is 10.1 Å². The zero-order chi connectivity index (χ0) is 22.9. The fourth-order valence-electron chi connectivity index (χ4n) is 3.78. The standard InChI is InChI=1S/C22H20FN3O5S/c1-31-22-24-11-16(12-25-22)14-3-2-4-18(9-14)32(29,30)26-13-15(5-8-21(27)28)19-10-17(23)6-7-20(19)26/h2-4,6-7,9-12,15H,5,8,13H2,1H3,(H,27,28). The van der Waals surface area contributed by atoms with Gasteiger partial charge in [0.15, 0.2) is 0 Å². The Morgan fingerprint density at radius 3 is 2.62 bits per heavy atom. The maximum atomic E-state index is 13.9. The first-order chi connectivity index (χ1) is 15.3. The second-order valence-corrected chi connectivity index (χ2v) is 9.22. The SMILES string of the molecule is COc1ncc(-c2cccc(S(=O)(=O)N3CC(CCC(=O)O)c4cc(F)ccc43)c2)cn1. The van der Waals surface area contributed by atoms with Crippen molar-refractivity contribution in [2.75, 3.05) is 18.0 Å². The lowest BCUT2D eigenvalue weighted by Crippen LogP contribution is -2.30. The predicted octanol–water partition coefficient (Wildman–Crippen LogP) is 3.45. The molecule has 166 valence electrons. The van der Waals surface area contributed by atoms with Crippen molar-refractivity contribution in [3.8, 4) is 17.1 Å². The van der Waals surface area contributed by atoms with E-state index in [1.54, 1.807) is 12.1 Å². The van der Waals surface area contributed by atoms with Crippen LogP contribution in [0, 0.1) is 5.82 Å². The molecule has 8 nitrogen and oxygen atoms in total. The Hall–Kier alpha value is -3.53. The molecule has 4 rings (SSSR count). The molecule has 10 heteroatoms. The van der Waals surface area contributed by atoms with E-state index in [-0.39, 0.29) is 30.3 Å². The topological polar surface area (TPSA) is 110 Å². The molecule has 0 fully saturated rings. The first kappa shape index (κ1) is 21.7. The molecule has 0 saturated carbocycles. The molecule has 1 aromatic heterocycles. The lowest BCUT2D eigenvalue weighted by Gasteiger charge is -2.20. The van der Waals surface area contributed by atoms with Gasteiger partial charge in [0.05, 0.1) is 17.7 Å². The lowest BCUT2D eigenvalue weighted by atomic mass is 9.96. The van der Waals surface area contributed by atoms with Crippen LogP contribution in [0.3, 0.4) is 0 Å². The quantitative estimate of drug-likeness (QED) is 0.579. The smallest absolute Gasteiger partial charge is 0.316 e. The first-order valence-corrected chi connectivity index (χ1v) is 11.2. The molecule has 0 amide bonds. The first-order valence-electron chi connectivity index (χ1n) is 9.80. The monoisotopic (exact) mass is 457 g/mol. The molecule has 1 aliphatic heterocycles. The largest absolute Gasteiger partial charge is 0.481 e. The summed E-state index contributed by atoms with van der Waals surface area (Å²) in [4.78, 5) is 19.2. The molecule has 2 aromatic carbocycles. The minimum absolute atomic E-state index is 0.0459. The van der Waals surface area contributed by atoms with Gasteiger partial charge in [-0.2, -0.15) is 0 Å². The molecule has 0 aliphatic carbocycles. The number of halogens is 1. The van der Waals surface area contributed by atoms with E-state index < -0.39 is 27.7 Å². The maximum Gasteiger partial charge on any atom is 0.316 e. The third-order valence-electron chi connectivity index (χ3n) is 5.36. The van der Waals surface area contributed by atoms with Crippen molar-refractivity contribution in [2.24, 2.45) is 0 Å². The molecule has 1 atom stereocenters. The number of sulfonamides is 1. The van der Waals surface area contributed by atoms with Gasteiger partial charge < -0.3 is 9.84 Å². The van der Waals surface area contributed by atoms with Crippen molar-refractivity contribution < 1.29 is 27.4 Å². The van der Waals surface area contributed by atoms with Crippen LogP contribution >= 0.6 is 0 Å². The Bertz CT molecular complexity index is 1260. The maximum absolute atomic E-state index is 13.9. The zero-order valence-electron chi connectivity index (χ0n) is 17.1. The van der Waals surface area contributed by atoms with Gasteiger partial charge in [0.25, 0.3) is 10.0 Å². The van der Waals surface area contributed by atoms with Crippen LogP contribution in [-0.2, 0) is 14.8 Å². The highest BCUT2D eigenvalue weighted by atomic mass is 32.2. The van der Waals surface area contributed by atoms with E-state index in [9.17, 15) is 17.6 Å². The number of fused-ring (bicyclic) bond motifs is 1. The van der Waals surface area contributed by atoms with E-state index in [2.05, 4.69) is 9.97 Å². The van der Waals surface area contributed by atoms with Crippen molar-refractivity contribution >= 4 is 21.7 Å². The molecular weight excluding hydrogens is 437 g/mol. The van der Waals surface area contributed by atoms with Gasteiger partial charge in [-0.25, -0.2) is 22.8 Å². The third-order valence-corrected chi connectivity index (χ3v) is 7.13. The number of aromatic nitrogens is 2. The van der Waals surface area contributed by atoms with Crippen LogP contribution in [0.25, 0.3) is 11.1 Å². The molecule has 1 N–H and O–H groups in total. The highest BCUT2D eigenvalue weighted by Gasteiger charge is 2.37. The number of hydrogen-bond acceptors (Lipinski definition) is 6. The van der Waals surface area contributed by atoms with Gasteiger partial charge >= 0.3 is 12.0 Å². The number of rotatable bonds is 7. The Kier molecular flexibility index (Phi) is 5.79. The number of carboxylic acids is 1. The normalized spacial score (nSPS) is 15.4. The summed E-state index contributed by atoms with van der Waals surface area (Å²) >= 11 is 0. The number of carbonyl (C=O) groups is 1. The van der Waals surface area contributed by atoms with Gasteiger partial charge in [-0.1, -0.05) is 12.1 Å². The number of benzene rings is 2. The van der Waals surface area contributed by atoms with Gasteiger partial charge in [-0.05, 0) is 47.9 Å². The zero-order valence-corrected chi connectivity index (χ0v) is 17.9. The van der Waals surface area contributed by atoms with Gasteiger partial charge in [-0.3, -0.25) is 9.10 Å². The Labute approximate surface area is 184 Å². The number of hydrogen-bond donors (Lipinski definition) is 1. The van der Waals surface area contributed by atoms with E-state index >= 15 is 0 Å². The number of methoxy groups -OCH3 is 1. The molecular formula is C22H20FN3O5S. The van der Waals surface area contributed by atoms with E-state index in [0.29, 0.717) is 22.4 Å². The number of aliphatic carboxylic acids is 1. The molecule has 1 unspecified atom stereocenters. The summed E-state index contributed by atoms with van der Waals surface area (Å²) in [5, 5.41) is 9.03. The van der Waals surface area contributed by atoms with Gasteiger partial charge in [0.1, 0.15) is 5.82 Å². The minimum Gasteiger partial charge on any atom is -0.481 e.